The maximum absolute atomic E-state index is 12.7. The SMILES string of the molecule is CCn1cc(NS(=O)(=O)c2cccc3cccnc23)c(C)n1. The van der Waals surface area contributed by atoms with E-state index in [9.17, 15) is 8.42 Å². The van der Waals surface area contributed by atoms with Crippen LogP contribution in [0.15, 0.2) is 47.6 Å². The van der Waals surface area contributed by atoms with E-state index in [1.807, 2.05) is 19.1 Å². The van der Waals surface area contributed by atoms with E-state index in [2.05, 4.69) is 14.8 Å². The molecule has 3 aromatic rings. The summed E-state index contributed by atoms with van der Waals surface area (Å²) in [6, 6.07) is 8.71. The van der Waals surface area contributed by atoms with Crippen LogP contribution in [0.3, 0.4) is 0 Å². The number of aromatic nitrogens is 3. The Morgan fingerprint density at radius 2 is 2.00 bits per heavy atom. The quantitative estimate of drug-likeness (QED) is 0.802. The highest BCUT2D eigenvalue weighted by atomic mass is 32.2. The summed E-state index contributed by atoms with van der Waals surface area (Å²) in [4.78, 5) is 4.35. The van der Waals surface area contributed by atoms with E-state index in [1.54, 1.807) is 42.2 Å². The second-order valence-electron chi connectivity index (χ2n) is 4.92. The molecule has 3 rings (SSSR count). The Hall–Kier alpha value is -2.41. The minimum atomic E-state index is -3.72. The van der Waals surface area contributed by atoms with Gasteiger partial charge in [-0.3, -0.25) is 14.4 Å². The molecule has 0 aliphatic rings. The van der Waals surface area contributed by atoms with Crippen molar-refractivity contribution in [3.05, 3.63) is 48.4 Å². The number of pyridine rings is 1. The number of anilines is 1. The number of rotatable bonds is 4. The Morgan fingerprint density at radius 3 is 2.73 bits per heavy atom. The first-order chi connectivity index (χ1) is 10.5. The van der Waals surface area contributed by atoms with E-state index in [4.69, 9.17) is 0 Å². The van der Waals surface area contributed by atoms with Gasteiger partial charge in [-0.25, -0.2) is 8.42 Å². The molecule has 1 N–H and O–H groups in total. The Bertz CT molecular complexity index is 926. The lowest BCUT2D eigenvalue weighted by Gasteiger charge is -2.09. The maximum Gasteiger partial charge on any atom is 0.264 e. The van der Waals surface area contributed by atoms with Crippen molar-refractivity contribution in [3.63, 3.8) is 0 Å². The molecular formula is C15H16N4O2S. The molecule has 2 heterocycles. The maximum atomic E-state index is 12.7. The lowest BCUT2D eigenvalue weighted by atomic mass is 10.2. The molecule has 2 aromatic heterocycles. The first-order valence-corrected chi connectivity index (χ1v) is 8.40. The Kier molecular flexibility index (Phi) is 3.58. The van der Waals surface area contributed by atoms with Crippen molar-refractivity contribution in [1.29, 1.82) is 0 Å². The molecule has 0 saturated heterocycles. The summed E-state index contributed by atoms with van der Waals surface area (Å²) in [6.45, 7) is 4.39. The monoisotopic (exact) mass is 316 g/mol. The standard InChI is InChI=1S/C15H16N4O2S/c1-3-19-10-13(11(2)17-19)18-22(20,21)14-8-4-6-12-7-5-9-16-15(12)14/h4-10,18H,3H2,1-2H3. The third-order valence-electron chi connectivity index (χ3n) is 3.40. The highest BCUT2D eigenvalue weighted by Gasteiger charge is 2.20. The lowest BCUT2D eigenvalue weighted by molar-refractivity contribution is 0.602. The molecule has 0 saturated carbocycles. The Morgan fingerprint density at radius 1 is 1.23 bits per heavy atom. The van der Waals surface area contributed by atoms with Crippen LogP contribution in [0.4, 0.5) is 5.69 Å². The van der Waals surface area contributed by atoms with E-state index < -0.39 is 10.0 Å². The van der Waals surface area contributed by atoms with Crippen LogP contribution in [0.5, 0.6) is 0 Å². The van der Waals surface area contributed by atoms with Gasteiger partial charge in [0, 0.05) is 24.3 Å². The fraction of sp³-hybridized carbons (Fsp3) is 0.200. The van der Waals surface area contributed by atoms with Gasteiger partial charge in [-0.15, -0.1) is 0 Å². The number of benzene rings is 1. The third kappa shape index (κ3) is 2.55. The van der Waals surface area contributed by atoms with Gasteiger partial charge < -0.3 is 0 Å². The molecule has 0 bridgehead atoms. The molecular weight excluding hydrogens is 300 g/mol. The van der Waals surface area contributed by atoms with Crippen LogP contribution >= 0.6 is 0 Å². The zero-order valence-corrected chi connectivity index (χ0v) is 13.1. The van der Waals surface area contributed by atoms with Crippen LogP contribution in [-0.2, 0) is 16.6 Å². The van der Waals surface area contributed by atoms with Gasteiger partial charge in [0.15, 0.2) is 0 Å². The number of aryl methyl sites for hydroxylation is 2. The minimum absolute atomic E-state index is 0.161. The zero-order valence-electron chi connectivity index (χ0n) is 12.3. The Labute approximate surface area is 128 Å². The number of para-hydroxylation sites is 1. The van der Waals surface area contributed by atoms with Gasteiger partial charge >= 0.3 is 0 Å². The number of nitrogens with zero attached hydrogens (tertiary/aromatic N) is 3. The molecule has 22 heavy (non-hydrogen) atoms. The average Bonchev–Trinajstić information content (AvgIpc) is 2.86. The molecule has 1 aromatic carbocycles. The molecule has 7 heteroatoms. The first kappa shape index (κ1) is 14.5. The summed E-state index contributed by atoms with van der Waals surface area (Å²) < 4.78 is 29.6. The topological polar surface area (TPSA) is 76.9 Å². The van der Waals surface area contributed by atoms with E-state index in [0.29, 0.717) is 23.4 Å². The normalized spacial score (nSPS) is 11.7. The van der Waals surface area contributed by atoms with Gasteiger partial charge in [0.05, 0.1) is 16.9 Å². The van der Waals surface area contributed by atoms with E-state index in [1.165, 1.54) is 0 Å². The molecule has 0 atom stereocenters. The molecule has 0 fully saturated rings. The Balaban J connectivity index is 2.07. The van der Waals surface area contributed by atoms with Crippen LogP contribution < -0.4 is 4.72 Å². The third-order valence-corrected chi connectivity index (χ3v) is 4.80. The van der Waals surface area contributed by atoms with Crippen molar-refractivity contribution in [1.82, 2.24) is 14.8 Å². The molecule has 0 unspecified atom stereocenters. The van der Waals surface area contributed by atoms with E-state index in [0.717, 1.165) is 5.39 Å². The van der Waals surface area contributed by atoms with Crippen molar-refractivity contribution >= 4 is 26.6 Å². The summed E-state index contributed by atoms with van der Waals surface area (Å²) in [6.07, 6.45) is 3.27. The number of sulfonamides is 1. The van der Waals surface area contributed by atoms with Crippen molar-refractivity contribution in [2.24, 2.45) is 0 Å². The number of fused-ring (bicyclic) bond motifs is 1. The van der Waals surface area contributed by atoms with Gasteiger partial charge in [0.2, 0.25) is 0 Å². The molecule has 0 aliphatic heterocycles. The van der Waals surface area contributed by atoms with Crippen molar-refractivity contribution in [2.45, 2.75) is 25.3 Å². The highest BCUT2D eigenvalue weighted by Crippen LogP contribution is 2.24. The van der Waals surface area contributed by atoms with Gasteiger partial charge in [-0.05, 0) is 26.0 Å². The molecule has 0 spiro atoms. The molecule has 114 valence electrons. The fourth-order valence-electron chi connectivity index (χ4n) is 2.27. The van der Waals surface area contributed by atoms with Crippen LogP contribution in [-0.4, -0.2) is 23.2 Å². The fourth-order valence-corrected chi connectivity index (χ4v) is 3.56. The predicted molar refractivity (Wildman–Crippen MR) is 85.2 cm³/mol. The molecule has 0 amide bonds. The summed E-state index contributed by atoms with van der Waals surface area (Å²) in [5, 5.41) is 5.03. The lowest BCUT2D eigenvalue weighted by Crippen LogP contribution is -2.14. The summed E-state index contributed by atoms with van der Waals surface area (Å²) in [5.41, 5.74) is 1.58. The number of hydrogen-bond donors (Lipinski definition) is 1. The van der Waals surface area contributed by atoms with Crippen molar-refractivity contribution in [2.75, 3.05) is 4.72 Å². The van der Waals surface area contributed by atoms with Crippen LogP contribution in [0.2, 0.25) is 0 Å². The van der Waals surface area contributed by atoms with E-state index in [-0.39, 0.29) is 4.90 Å². The second kappa shape index (κ2) is 5.42. The van der Waals surface area contributed by atoms with Crippen LogP contribution in [0, 0.1) is 6.92 Å². The largest absolute Gasteiger partial charge is 0.276 e. The highest BCUT2D eigenvalue weighted by molar-refractivity contribution is 7.93. The predicted octanol–water partition coefficient (Wildman–Crippen LogP) is 2.56. The number of hydrogen-bond acceptors (Lipinski definition) is 4. The molecule has 0 aliphatic carbocycles. The van der Waals surface area contributed by atoms with E-state index >= 15 is 0 Å². The van der Waals surface area contributed by atoms with Crippen LogP contribution in [0.1, 0.15) is 12.6 Å². The average molecular weight is 316 g/mol. The van der Waals surface area contributed by atoms with Crippen molar-refractivity contribution < 1.29 is 8.42 Å². The molecule has 6 nitrogen and oxygen atoms in total. The zero-order chi connectivity index (χ0) is 15.7. The van der Waals surface area contributed by atoms with Gasteiger partial charge in [-0.2, -0.15) is 5.10 Å². The van der Waals surface area contributed by atoms with Gasteiger partial charge in [-0.1, -0.05) is 18.2 Å². The van der Waals surface area contributed by atoms with Gasteiger partial charge in [0.25, 0.3) is 10.0 Å². The molecule has 0 radical (unpaired) electrons. The van der Waals surface area contributed by atoms with Crippen LogP contribution in [0.25, 0.3) is 10.9 Å². The smallest absolute Gasteiger partial charge is 0.264 e. The minimum Gasteiger partial charge on any atom is -0.276 e. The van der Waals surface area contributed by atoms with Gasteiger partial charge in [0.1, 0.15) is 4.90 Å². The first-order valence-electron chi connectivity index (χ1n) is 6.92. The second-order valence-corrected chi connectivity index (χ2v) is 6.57. The number of nitrogens with one attached hydrogen (secondary N) is 1. The summed E-state index contributed by atoms with van der Waals surface area (Å²) in [5.74, 6) is 0. The summed E-state index contributed by atoms with van der Waals surface area (Å²) in [7, 11) is -3.72. The van der Waals surface area contributed by atoms with Crippen molar-refractivity contribution in [3.8, 4) is 0 Å². The summed E-state index contributed by atoms with van der Waals surface area (Å²) >= 11 is 0.